The third kappa shape index (κ3) is 3.11. The first-order chi connectivity index (χ1) is 10.7. The maximum absolute atomic E-state index is 11.5. The Balaban J connectivity index is 1.65. The van der Waals surface area contributed by atoms with Crippen LogP contribution in [0.5, 0.6) is 17.2 Å². The van der Waals surface area contributed by atoms with Crippen molar-refractivity contribution in [1.29, 1.82) is 0 Å². The first kappa shape index (κ1) is 15.0. The summed E-state index contributed by atoms with van der Waals surface area (Å²) in [5, 5.41) is 2.70. The predicted molar refractivity (Wildman–Crippen MR) is 81.2 cm³/mol. The van der Waals surface area contributed by atoms with Gasteiger partial charge in [0.1, 0.15) is 5.75 Å². The number of carbonyl (C=O) groups is 1. The van der Waals surface area contributed by atoms with E-state index >= 15 is 0 Å². The average molecular weight is 306 g/mol. The van der Waals surface area contributed by atoms with Crippen molar-refractivity contribution in [3.05, 3.63) is 17.7 Å². The van der Waals surface area contributed by atoms with E-state index in [1.807, 2.05) is 12.1 Å². The molecule has 3 rings (SSSR count). The molecule has 2 heterocycles. The van der Waals surface area contributed by atoms with Crippen molar-refractivity contribution in [2.75, 3.05) is 34.0 Å². The lowest BCUT2D eigenvalue weighted by molar-refractivity contribution is -0.121. The Morgan fingerprint density at radius 2 is 2.18 bits per heavy atom. The number of amides is 1. The smallest absolute Gasteiger partial charge is 0.231 e. The van der Waals surface area contributed by atoms with Gasteiger partial charge in [-0.05, 0) is 24.9 Å². The standard InChI is InChI=1S/C16H22N2O4/c1-17-16(19)5-11-3-4-18(8-11)9-12-6-14-15(22-10-21-14)7-13(12)20-2/h6-7,11H,3-5,8-10H2,1-2H3,(H,17,19)/t11-/m1/s1. The van der Waals surface area contributed by atoms with E-state index in [0.717, 1.165) is 48.9 Å². The number of likely N-dealkylation sites (tertiary alicyclic amines) is 1. The number of nitrogens with zero attached hydrogens (tertiary/aromatic N) is 1. The number of hydrogen-bond donors (Lipinski definition) is 1. The van der Waals surface area contributed by atoms with Crippen molar-refractivity contribution >= 4 is 5.91 Å². The molecular weight excluding hydrogens is 284 g/mol. The summed E-state index contributed by atoms with van der Waals surface area (Å²) in [6, 6.07) is 3.88. The molecule has 6 nitrogen and oxygen atoms in total. The molecule has 1 aromatic carbocycles. The van der Waals surface area contributed by atoms with Crippen LogP contribution in [-0.2, 0) is 11.3 Å². The van der Waals surface area contributed by atoms with Crippen LogP contribution in [0.2, 0.25) is 0 Å². The number of fused-ring (bicyclic) bond motifs is 1. The molecule has 1 saturated heterocycles. The van der Waals surface area contributed by atoms with Gasteiger partial charge in [0, 0.05) is 38.2 Å². The average Bonchev–Trinajstić information content (AvgIpc) is 3.15. The molecule has 1 atom stereocenters. The summed E-state index contributed by atoms with van der Waals surface area (Å²) in [5.74, 6) is 2.88. The first-order valence-electron chi connectivity index (χ1n) is 7.59. The molecule has 2 aliphatic heterocycles. The lowest BCUT2D eigenvalue weighted by atomic mass is 10.0. The van der Waals surface area contributed by atoms with E-state index in [1.54, 1.807) is 14.2 Å². The molecule has 0 spiro atoms. The van der Waals surface area contributed by atoms with Crippen LogP contribution < -0.4 is 19.5 Å². The van der Waals surface area contributed by atoms with Crippen molar-refractivity contribution in [2.45, 2.75) is 19.4 Å². The van der Waals surface area contributed by atoms with Crippen molar-refractivity contribution in [3.8, 4) is 17.2 Å². The summed E-state index contributed by atoms with van der Waals surface area (Å²) in [6.07, 6.45) is 1.66. The zero-order chi connectivity index (χ0) is 15.5. The van der Waals surface area contributed by atoms with Gasteiger partial charge >= 0.3 is 0 Å². The summed E-state index contributed by atoms with van der Waals surface area (Å²) in [7, 11) is 3.35. The van der Waals surface area contributed by atoms with Gasteiger partial charge in [-0.1, -0.05) is 0 Å². The minimum atomic E-state index is 0.118. The second-order valence-corrected chi connectivity index (χ2v) is 5.78. The minimum absolute atomic E-state index is 0.118. The van der Waals surface area contributed by atoms with Crippen LogP contribution >= 0.6 is 0 Å². The van der Waals surface area contributed by atoms with Crippen LogP contribution in [0, 0.1) is 5.92 Å². The summed E-state index contributed by atoms with van der Waals surface area (Å²) < 4.78 is 16.3. The fourth-order valence-electron chi connectivity index (χ4n) is 3.11. The van der Waals surface area contributed by atoms with Gasteiger partial charge in [0.2, 0.25) is 12.7 Å². The van der Waals surface area contributed by atoms with Crippen LogP contribution in [0.1, 0.15) is 18.4 Å². The Morgan fingerprint density at radius 3 is 2.91 bits per heavy atom. The number of hydrogen-bond acceptors (Lipinski definition) is 5. The maximum Gasteiger partial charge on any atom is 0.231 e. The van der Waals surface area contributed by atoms with E-state index in [-0.39, 0.29) is 12.7 Å². The van der Waals surface area contributed by atoms with E-state index < -0.39 is 0 Å². The molecule has 1 aromatic rings. The van der Waals surface area contributed by atoms with Crippen molar-refractivity contribution in [3.63, 3.8) is 0 Å². The third-order valence-electron chi connectivity index (χ3n) is 4.29. The molecule has 1 N–H and O–H groups in total. The molecule has 0 bridgehead atoms. The highest BCUT2D eigenvalue weighted by molar-refractivity contribution is 5.75. The zero-order valence-electron chi connectivity index (χ0n) is 13.1. The van der Waals surface area contributed by atoms with Crippen LogP contribution in [0.15, 0.2) is 12.1 Å². The van der Waals surface area contributed by atoms with Crippen molar-refractivity contribution in [1.82, 2.24) is 10.2 Å². The fraction of sp³-hybridized carbons (Fsp3) is 0.562. The number of methoxy groups -OCH3 is 1. The molecule has 22 heavy (non-hydrogen) atoms. The van der Waals surface area contributed by atoms with Crippen molar-refractivity contribution in [2.24, 2.45) is 5.92 Å². The summed E-state index contributed by atoms with van der Waals surface area (Å²) in [5.41, 5.74) is 1.09. The summed E-state index contributed by atoms with van der Waals surface area (Å²) >= 11 is 0. The van der Waals surface area contributed by atoms with Crippen LogP contribution in [0.25, 0.3) is 0 Å². The quantitative estimate of drug-likeness (QED) is 0.890. The summed E-state index contributed by atoms with van der Waals surface area (Å²) in [4.78, 5) is 13.8. The molecule has 0 aliphatic carbocycles. The molecule has 2 aliphatic rings. The van der Waals surface area contributed by atoms with Gasteiger partial charge in [0.05, 0.1) is 7.11 Å². The largest absolute Gasteiger partial charge is 0.496 e. The molecule has 0 aromatic heterocycles. The first-order valence-corrected chi connectivity index (χ1v) is 7.59. The van der Waals surface area contributed by atoms with E-state index in [2.05, 4.69) is 10.2 Å². The topological polar surface area (TPSA) is 60.0 Å². The lowest BCUT2D eigenvalue weighted by Gasteiger charge is -2.18. The van der Waals surface area contributed by atoms with E-state index in [0.29, 0.717) is 12.3 Å². The number of rotatable bonds is 5. The zero-order valence-corrected chi connectivity index (χ0v) is 13.1. The van der Waals surface area contributed by atoms with Gasteiger partial charge in [-0.15, -0.1) is 0 Å². The van der Waals surface area contributed by atoms with Gasteiger partial charge in [0.25, 0.3) is 0 Å². The molecule has 6 heteroatoms. The van der Waals surface area contributed by atoms with Gasteiger partial charge in [0.15, 0.2) is 11.5 Å². The van der Waals surface area contributed by atoms with Crippen LogP contribution in [0.3, 0.4) is 0 Å². The monoisotopic (exact) mass is 306 g/mol. The molecule has 1 fully saturated rings. The molecule has 0 radical (unpaired) electrons. The van der Waals surface area contributed by atoms with Gasteiger partial charge in [-0.2, -0.15) is 0 Å². The number of carbonyl (C=O) groups excluding carboxylic acids is 1. The molecule has 120 valence electrons. The Kier molecular flexibility index (Phi) is 4.38. The second kappa shape index (κ2) is 6.44. The number of benzene rings is 1. The second-order valence-electron chi connectivity index (χ2n) is 5.78. The van der Waals surface area contributed by atoms with Gasteiger partial charge in [-0.3, -0.25) is 9.69 Å². The maximum atomic E-state index is 11.5. The molecular formula is C16H22N2O4. The molecule has 1 amide bonds. The molecule has 0 saturated carbocycles. The molecule has 0 unspecified atom stereocenters. The van der Waals surface area contributed by atoms with Crippen molar-refractivity contribution < 1.29 is 19.0 Å². The normalized spacial score (nSPS) is 20.2. The van der Waals surface area contributed by atoms with Crippen LogP contribution in [-0.4, -0.2) is 44.8 Å². The SMILES string of the molecule is CNC(=O)C[C@H]1CCN(Cc2cc3c(cc2OC)OCO3)C1. The van der Waals surface area contributed by atoms with E-state index in [4.69, 9.17) is 14.2 Å². The third-order valence-corrected chi connectivity index (χ3v) is 4.29. The Labute approximate surface area is 130 Å². The Morgan fingerprint density at radius 1 is 1.41 bits per heavy atom. The highest BCUT2D eigenvalue weighted by Crippen LogP contribution is 2.39. The highest BCUT2D eigenvalue weighted by atomic mass is 16.7. The van der Waals surface area contributed by atoms with E-state index in [9.17, 15) is 4.79 Å². The van der Waals surface area contributed by atoms with Crippen LogP contribution in [0.4, 0.5) is 0 Å². The lowest BCUT2D eigenvalue weighted by Crippen LogP contribution is -2.24. The predicted octanol–water partition coefficient (Wildman–Crippen LogP) is 1.38. The van der Waals surface area contributed by atoms with E-state index in [1.165, 1.54) is 0 Å². The fourth-order valence-corrected chi connectivity index (χ4v) is 3.11. The Bertz CT molecular complexity index is 561. The Hall–Kier alpha value is -1.95. The number of ether oxygens (including phenoxy) is 3. The highest BCUT2D eigenvalue weighted by Gasteiger charge is 2.26. The van der Waals surface area contributed by atoms with Gasteiger partial charge < -0.3 is 19.5 Å². The number of nitrogens with one attached hydrogen (secondary N) is 1. The minimum Gasteiger partial charge on any atom is -0.496 e. The van der Waals surface area contributed by atoms with Gasteiger partial charge in [-0.25, -0.2) is 0 Å². The summed E-state index contributed by atoms with van der Waals surface area (Å²) in [6.45, 7) is 2.99.